The fraction of sp³-hybridized carbons (Fsp3) is 0.0667. The number of benzene rings is 1. The summed E-state index contributed by atoms with van der Waals surface area (Å²) in [4.78, 5) is 33.2. The summed E-state index contributed by atoms with van der Waals surface area (Å²) in [5, 5.41) is 20.2. The lowest BCUT2D eigenvalue weighted by Gasteiger charge is -2.08. The van der Waals surface area contributed by atoms with Gasteiger partial charge < -0.3 is 14.1 Å². The van der Waals surface area contributed by atoms with E-state index in [4.69, 9.17) is 9.52 Å². The summed E-state index contributed by atoms with van der Waals surface area (Å²) in [5.41, 5.74) is 0.102. The molecular formula is C15H10N2O6. The summed E-state index contributed by atoms with van der Waals surface area (Å²) >= 11 is 0. The van der Waals surface area contributed by atoms with E-state index in [1.807, 2.05) is 0 Å². The molecule has 2 heterocycles. The molecule has 3 rings (SSSR count). The standard InChI is InChI=1S/C15H10N2O6/c18-14-6-1-9-7-10(17(21)22)2-4-12(9)16(14)8-11-3-5-13(23-11)15(19)20/h1-7H,8H2,(H,19,20). The molecule has 0 fully saturated rings. The molecule has 2 aromatic heterocycles. The second kappa shape index (κ2) is 5.41. The van der Waals surface area contributed by atoms with Crippen LogP contribution in [0.5, 0.6) is 0 Å². The maximum Gasteiger partial charge on any atom is 0.371 e. The normalized spacial score (nSPS) is 10.8. The Morgan fingerprint density at radius 1 is 1.22 bits per heavy atom. The molecule has 0 aliphatic heterocycles. The molecule has 0 atom stereocenters. The minimum atomic E-state index is -1.20. The first-order chi connectivity index (χ1) is 11.0. The predicted molar refractivity (Wildman–Crippen MR) is 79.6 cm³/mol. The third-order valence-corrected chi connectivity index (χ3v) is 3.37. The van der Waals surface area contributed by atoms with Gasteiger partial charge in [0.1, 0.15) is 5.76 Å². The molecule has 0 bridgehead atoms. The highest BCUT2D eigenvalue weighted by atomic mass is 16.6. The van der Waals surface area contributed by atoms with Crippen LogP contribution in [-0.2, 0) is 6.54 Å². The van der Waals surface area contributed by atoms with E-state index in [0.717, 1.165) is 0 Å². The van der Waals surface area contributed by atoms with Crippen molar-refractivity contribution in [2.45, 2.75) is 6.54 Å². The van der Waals surface area contributed by atoms with Crippen LogP contribution in [0.25, 0.3) is 10.9 Å². The van der Waals surface area contributed by atoms with Crippen LogP contribution in [0.4, 0.5) is 5.69 Å². The second-order valence-corrected chi connectivity index (χ2v) is 4.83. The van der Waals surface area contributed by atoms with Crippen LogP contribution in [0.1, 0.15) is 16.3 Å². The van der Waals surface area contributed by atoms with Gasteiger partial charge >= 0.3 is 5.97 Å². The average Bonchev–Trinajstić information content (AvgIpc) is 2.98. The van der Waals surface area contributed by atoms with Crippen LogP contribution in [0.15, 0.2) is 51.7 Å². The summed E-state index contributed by atoms with van der Waals surface area (Å²) < 4.78 is 6.51. The first kappa shape index (κ1) is 14.5. The first-order valence-corrected chi connectivity index (χ1v) is 6.56. The molecule has 116 valence electrons. The van der Waals surface area contributed by atoms with E-state index in [1.165, 1.54) is 47.0 Å². The summed E-state index contributed by atoms with van der Waals surface area (Å²) in [7, 11) is 0. The molecular weight excluding hydrogens is 304 g/mol. The predicted octanol–water partition coefficient (Wildman–Crippen LogP) is 2.25. The maximum atomic E-state index is 12.1. The molecule has 0 aliphatic carbocycles. The Kier molecular flexibility index (Phi) is 3.41. The number of nitro groups is 1. The molecule has 0 radical (unpaired) electrons. The van der Waals surface area contributed by atoms with Gasteiger partial charge in [0.05, 0.1) is 17.0 Å². The number of rotatable bonds is 4. The molecule has 0 unspecified atom stereocenters. The molecule has 1 aromatic carbocycles. The van der Waals surface area contributed by atoms with Crippen LogP contribution in [0, 0.1) is 10.1 Å². The fourth-order valence-electron chi connectivity index (χ4n) is 2.30. The van der Waals surface area contributed by atoms with Crippen LogP contribution < -0.4 is 5.56 Å². The van der Waals surface area contributed by atoms with Gasteiger partial charge in [-0.3, -0.25) is 14.9 Å². The maximum absolute atomic E-state index is 12.1. The average molecular weight is 314 g/mol. The molecule has 23 heavy (non-hydrogen) atoms. The monoisotopic (exact) mass is 314 g/mol. The van der Waals surface area contributed by atoms with Gasteiger partial charge in [-0.1, -0.05) is 0 Å². The Morgan fingerprint density at radius 2 is 2.00 bits per heavy atom. The number of aromatic nitrogens is 1. The van der Waals surface area contributed by atoms with Gasteiger partial charge in [-0.2, -0.15) is 0 Å². The zero-order valence-corrected chi connectivity index (χ0v) is 11.6. The number of nitrogens with zero attached hydrogens (tertiary/aromatic N) is 2. The third-order valence-electron chi connectivity index (χ3n) is 3.37. The highest BCUT2D eigenvalue weighted by Gasteiger charge is 2.13. The molecule has 0 aliphatic rings. The summed E-state index contributed by atoms with van der Waals surface area (Å²) in [6, 6.07) is 9.74. The third kappa shape index (κ3) is 2.69. The summed E-state index contributed by atoms with van der Waals surface area (Å²) in [6.07, 6.45) is 0. The van der Waals surface area contributed by atoms with Crippen molar-refractivity contribution in [3.63, 3.8) is 0 Å². The van der Waals surface area contributed by atoms with Crippen molar-refractivity contribution in [1.82, 2.24) is 4.57 Å². The molecule has 0 spiro atoms. The fourth-order valence-corrected chi connectivity index (χ4v) is 2.30. The second-order valence-electron chi connectivity index (χ2n) is 4.83. The Labute approximate surface area is 128 Å². The Bertz CT molecular complexity index is 985. The highest BCUT2D eigenvalue weighted by Crippen LogP contribution is 2.20. The van der Waals surface area contributed by atoms with E-state index in [9.17, 15) is 19.7 Å². The SMILES string of the molecule is O=C(O)c1ccc(Cn2c(=O)ccc3cc([N+](=O)[O-])ccc32)o1. The minimum absolute atomic E-state index is 0.0290. The topological polar surface area (TPSA) is 116 Å². The molecule has 0 saturated carbocycles. The Balaban J connectivity index is 2.08. The highest BCUT2D eigenvalue weighted by molar-refractivity contribution is 5.84. The van der Waals surface area contributed by atoms with E-state index >= 15 is 0 Å². The van der Waals surface area contributed by atoms with Crippen molar-refractivity contribution in [3.05, 3.63) is 74.5 Å². The van der Waals surface area contributed by atoms with Crippen LogP contribution in [-0.4, -0.2) is 20.6 Å². The van der Waals surface area contributed by atoms with Crippen molar-refractivity contribution in [2.75, 3.05) is 0 Å². The summed E-state index contributed by atoms with van der Waals surface area (Å²) in [5.74, 6) is -1.11. The number of fused-ring (bicyclic) bond motifs is 1. The summed E-state index contributed by atoms with van der Waals surface area (Å²) in [6.45, 7) is 0.0290. The molecule has 1 N–H and O–H groups in total. The van der Waals surface area contributed by atoms with Crippen LogP contribution in [0.3, 0.4) is 0 Å². The molecule has 3 aromatic rings. The van der Waals surface area contributed by atoms with E-state index in [0.29, 0.717) is 16.7 Å². The molecule has 0 saturated heterocycles. The minimum Gasteiger partial charge on any atom is -0.475 e. The van der Waals surface area contributed by atoms with Crippen LogP contribution in [0.2, 0.25) is 0 Å². The van der Waals surface area contributed by atoms with Gasteiger partial charge in [-0.25, -0.2) is 4.79 Å². The van der Waals surface area contributed by atoms with Gasteiger partial charge in [0, 0.05) is 23.6 Å². The van der Waals surface area contributed by atoms with Gasteiger partial charge in [-0.05, 0) is 24.3 Å². The molecule has 8 nitrogen and oxygen atoms in total. The number of aromatic carboxylic acids is 1. The number of carboxylic acid groups (broad SMARTS) is 1. The van der Waals surface area contributed by atoms with Gasteiger partial charge in [0.25, 0.3) is 11.2 Å². The van der Waals surface area contributed by atoms with Crippen LogP contribution >= 0.6 is 0 Å². The number of furan rings is 1. The number of carbonyl (C=O) groups is 1. The molecule has 0 amide bonds. The zero-order chi connectivity index (χ0) is 16.6. The number of non-ortho nitro benzene ring substituents is 1. The molecule has 8 heteroatoms. The van der Waals surface area contributed by atoms with E-state index in [-0.39, 0.29) is 23.6 Å². The van der Waals surface area contributed by atoms with E-state index < -0.39 is 10.9 Å². The Morgan fingerprint density at radius 3 is 2.65 bits per heavy atom. The number of carboxylic acids is 1. The zero-order valence-electron chi connectivity index (χ0n) is 11.6. The number of hydrogen-bond acceptors (Lipinski definition) is 5. The Hall–Kier alpha value is -3.42. The lowest BCUT2D eigenvalue weighted by atomic mass is 10.2. The van der Waals surface area contributed by atoms with E-state index in [1.54, 1.807) is 0 Å². The lowest BCUT2D eigenvalue weighted by Crippen LogP contribution is -2.19. The smallest absolute Gasteiger partial charge is 0.371 e. The lowest BCUT2D eigenvalue weighted by molar-refractivity contribution is -0.384. The van der Waals surface area contributed by atoms with E-state index in [2.05, 4.69) is 0 Å². The van der Waals surface area contributed by atoms with Crippen molar-refractivity contribution in [2.24, 2.45) is 0 Å². The number of pyridine rings is 1. The van der Waals surface area contributed by atoms with Gasteiger partial charge in [-0.15, -0.1) is 0 Å². The van der Waals surface area contributed by atoms with Crippen molar-refractivity contribution in [1.29, 1.82) is 0 Å². The number of hydrogen-bond donors (Lipinski definition) is 1. The quantitative estimate of drug-likeness (QED) is 0.583. The van der Waals surface area contributed by atoms with Crippen molar-refractivity contribution in [3.8, 4) is 0 Å². The van der Waals surface area contributed by atoms with Gasteiger partial charge in [0.15, 0.2) is 0 Å². The van der Waals surface area contributed by atoms with Crippen molar-refractivity contribution >= 4 is 22.6 Å². The number of nitro benzene ring substituents is 1. The largest absolute Gasteiger partial charge is 0.475 e. The van der Waals surface area contributed by atoms with Gasteiger partial charge in [0.2, 0.25) is 5.76 Å². The first-order valence-electron chi connectivity index (χ1n) is 6.56. The van der Waals surface area contributed by atoms with Crippen molar-refractivity contribution < 1.29 is 19.2 Å².